The van der Waals surface area contributed by atoms with Crippen molar-refractivity contribution in [1.29, 1.82) is 0 Å². The molecule has 4 atom stereocenters. The molecule has 4 unspecified atom stereocenters. The molecule has 82 valence electrons. The van der Waals surface area contributed by atoms with Gasteiger partial charge in [-0.2, -0.15) is 0 Å². The zero-order valence-corrected chi connectivity index (χ0v) is 8.56. The molecule has 4 heteroatoms. The maximum atomic E-state index is 12.0. The van der Waals surface area contributed by atoms with E-state index in [1.54, 1.807) is 0 Å². The van der Waals surface area contributed by atoms with Gasteiger partial charge in [0.2, 0.25) is 11.8 Å². The lowest BCUT2D eigenvalue weighted by atomic mass is 9.81. The van der Waals surface area contributed by atoms with Gasteiger partial charge in [0.25, 0.3) is 0 Å². The first-order valence-electron chi connectivity index (χ1n) is 5.70. The van der Waals surface area contributed by atoms with Crippen LogP contribution in [0.2, 0.25) is 0 Å². The molecule has 0 aromatic rings. The fourth-order valence-corrected chi connectivity index (χ4v) is 3.79. The maximum absolute atomic E-state index is 12.0. The number of fused-ring (bicyclic) bond motifs is 5. The summed E-state index contributed by atoms with van der Waals surface area (Å²) in [5, 5.41) is 8.83. The van der Waals surface area contributed by atoms with E-state index >= 15 is 0 Å². The van der Waals surface area contributed by atoms with Gasteiger partial charge in [-0.05, 0) is 31.1 Å². The number of aliphatic hydroxyl groups is 1. The summed E-state index contributed by atoms with van der Waals surface area (Å²) >= 11 is 0. The Morgan fingerprint density at radius 3 is 2.13 bits per heavy atom. The van der Waals surface area contributed by atoms with Crippen molar-refractivity contribution in [2.45, 2.75) is 19.3 Å². The van der Waals surface area contributed by atoms with Gasteiger partial charge in [0.05, 0.1) is 25.0 Å². The van der Waals surface area contributed by atoms with Gasteiger partial charge in [-0.25, -0.2) is 0 Å². The van der Waals surface area contributed by atoms with Crippen molar-refractivity contribution in [3.8, 4) is 0 Å². The van der Waals surface area contributed by atoms with Crippen molar-refractivity contribution >= 4 is 11.8 Å². The SMILES string of the molecule is O=C1C2C3CCC(C3)C2C(=O)N1CCO. The third-order valence-corrected chi connectivity index (χ3v) is 4.34. The largest absolute Gasteiger partial charge is 0.395 e. The van der Waals surface area contributed by atoms with Crippen LogP contribution in [0.15, 0.2) is 0 Å². The maximum Gasteiger partial charge on any atom is 0.233 e. The molecule has 2 amide bonds. The number of amides is 2. The fraction of sp³-hybridized carbons (Fsp3) is 0.818. The van der Waals surface area contributed by atoms with Crippen LogP contribution in [-0.4, -0.2) is 35.0 Å². The minimum absolute atomic E-state index is 0.0220. The van der Waals surface area contributed by atoms with E-state index in [4.69, 9.17) is 5.11 Å². The lowest BCUT2D eigenvalue weighted by Crippen LogP contribution is -2.35. The third kappa shape index (κ3) is 1.06. The van der Waals surface area contributed by atoms with Crippen LogP contribution in [0.4, 0.5) is 0 Å². The summed E-state index contributed by atoms with van der Waals surface area (Å²) in [6.07, 6.45) is 3.29. The Kier molecular flexibility index (Phi) is 1.89. The smallest absolute Gasteiger partial charge is 0.233 e. The minimum Gasteiger partial charge on any atom is -0.395 e. The van der Waals surface area contributed by atoms with Gasteiger partial charge in [0.15, 0.2) is 0 Å². The quantitative estimate of drug-likeness (QED) is 0.652. The Morgan fingerprint density at radius 1 is 1.13 bits per heavy atom. The molecule has 0 spiro atoms. The second-order valence-electron chi connectivity index (χ2n) is 4.94. The summed E-state index contributed by atoms with van der Waals surface area (Å²) in [5.74, 6) is 0.767. The molecule has 15 heavy (non-hydrogen) atoms. The van der Waals surface area contributed by atoms with Crippen LogP contribution in [-0.2, 0) is 9.59 Å². The van der Waals surface area contributed by atoms with E-state index in [9.17, 15) is 9.59 Å². The average Bonchev–Trinajstić information content (AvgIpc) is 2.87. The van der Waals surface area contributed by atoms with Crippen molar-refractivity contribution in [1.82, 2.24) is 4.90 Å². The van der Waals surface area contributed by atoms with Crippen molar-refractivity contribution in [2.75, 3.05) is 13.2 Å². The van der Waals surface area contributed by atoms with Crippen molar-refractivity contribution in [3.63, 3.8) is 0 Å². The van der Waals surface area contributed by atoms with Gasteiger partial charge in [0, 0.05) is 0 Å². The number of hydrogen-bond donors (Lipinski definition) is 1. The molecule has 2 aliphatic carbocycles. The average molecular weight is 209 g/mol. The lowest BCUT2D eigenvalue weighted by molar-refractivity contribution is -0.141. The van der Waals surface area contributed by atoms with Crippen LogP contribution < -0.4 is 0 Å². The van der Waals surface area contributed by atoms with Crippen LogP contribution in [0.25, 0.3) is 0 Å². The molecule has 1 aliphatic heterocycles. The topological polar surface area (TPSA) is 57.6 Å². The second kappa shape index (κ2) is 3.04. The first-order valence-corrected chi connectivity index (χ1v) is 5.70. The molecule has 1 N–H and O–H groups in total. The molecule has 4 nitrogen and oxygen atoms in total. The Hall–Kier alpha value is -0.900. The monoisotopic (exact) mass is 209 g/mol. The van der Waals surface area contributed by atoms with Crippen LogP contribution in [0.5, 0.6) is 0 Å². The first kappa shape index (κ1) is 9.33. The van der Waals surface area contributed by atoms with E-state index in [1.807, 2.05) is 0 Å². The molecule has 3 rings (SSSR count). The van der Waals surface area contributed by atoms with Crippen molar-refractivity contribution in [2.24, 2.45) is 23.7 Å². The number of carbonyl (C=O) groups is 2. The predicted octanol–water partition coefficient (Wildman–Crippen LogP) is 0.00980. The highest BCUT2D eigenvalue weighted by atomic mass is 16.3. The number of hydrogen-bond acceptors (Lipinski definition) is 3. The molecular weight excluding hydrogens is 194 g/mol. The fourth-order valence-electron chi connectivity index (χ4n) is 3.79. The van der Waals surface area contributed by atoms with Gasteiger partial charge in [0.1, 0.15) is 0 Å². The number of imide groups is 1. The molecule has 1 heterocycles. The summed E-state index contributed by atoms with van der Waals surface area (Å²) in [4.78, 5) is 25.2. The second-order valence-corrected chi connectivity index (χ2v) is 4.94. The highest BCUT2D eigenvalue weighted by Gasteiger charge is 2.60. The number of β-amino-alcohol motifs (C(OH)–C–C–N with tert-alkyl or cyclic N) is 1. The molecule has 2 saturated carbocycles. The summed E-state index contributed by atoms with van der Waals surface area (Å²) in [5.41, 5.74) is 0. The van der Waals surface area contributed by atoms with Gasteiger partial charge in [-0.1, -0.05) is 0 Å². The Balaban J connectivity index is 1.90. The summed E-state index contributed by atoms with van der Waals surface area (Å²) in [6.45, 7) is 0.0658. The van der Waals surface area contributed by atoms with E-state index in [2.05, 4.69) is 0 Å². The lowest BCUT2D eigenvalue weighted by Gasteiger charge is -2.19. The van der Waals surface area contributed by atoms with Crippen LogP contribution in [0.3, 0.4) is 0 Å². The van der Waals surface area contributed by atoms with Gasteiger partial charge in [-0.15, -0.1) is 0 Å². The molecule has 1 saturated heterocycles. The molecule has 3 aliphatic rings. The molecule has 0 aromatic heterocycles. The normalized spacial score (nSPS) is 42.9. The van der Waals surface area contributed by atoms with Crippen molar-refractivity contribution < 1.29 is 14.7 Å². The standard InChI is InChI=1S/C11H15NO3/c13-4-3-12-10(14)8-6-1-2-7(5-6)9(8)11(12)15/h6-9,13H,1-5H2. The summed E-state index contributed by atoms with van der Waals surface area (Å²) in [6, 6.07) is 0. The Labute approximate surface area is 88.2 Å². The Morgan fingerprint density at radius 2 is 1.67 bits per heavy atom. The summed E-state index contributed by atoms with van der Waals surface area (Å²) in [7, 11) is 0. The van der Waals surface area contributed by atoms with E-state index in [-0.39, 0.29) is 36.8 Å². The van der Waals surface area contributed by atoms with Crippen molar-refractivity contribution in [3.05, 3.63) is 0 Å². The Bertz CT molecular complexity index is 300. The number of rotatable bonds is 2. The van der Waals surface area contributed by atoms with Crippen LogP contribution in [0.1, 0.15) is 19.3 Å². The van der Waals surface area contributed by atoms with E-state index in [1.165, 1.54) is 4.90 Å². The molecular formula is C11H15NO3. The van der Waals surface area contributed by atoms with Crippen LogP contribution >= 0.6 is 0 Å². The van der Waals surface area contributed by atoms with Crippen LogP contribution in [0, 0.1) is 23.7 Å². The van der Waals surface area contributed by atoms with Gasteiger partial charge >= 0.3 is 0 Å². The number of likely N-dealkylation sites (tertiary alicyclic amines) is 1. The number of aliphatic hydroxyl groups excluding tert-OH is 1. The zero-order valence-electron chi connectivity index (χ0n) is 8.56. The van der Waals surface area contributed by atoms with E-state index in [0.717, 1.165) is 19.3 Å². The predicted molar refractivity (Wildman–Crippen MR) is 51.6 cm³/mol. The molecule has 0 aromatic carbocycles. The first-order chi connectivity index (χ1) is 7.24. The number of nitrogens with zero attached hydrogens (tertiary/aromatic N) is 1. The molecule has 0 radical (unpaired) electrons. The molecule has 3 fully saturated rings. The summed E-state index contributed by atoms with van der Waals surface area (Å²) < 4.78 is 0. The van der Waals surface area contributed by atoms with Gasteiger partial charge < -0.3 is 5.11 Å². The van der Waals surface area contributed by atoms with Gasteiger partial charge in [-0.3, -0.25) is 14.5 Å². The number of carbonyl (C=O) groups excluding carboxylic acids is 2. The van der Waals surface area contributed by atoms with E-state index in [0.29, 0.717) is 11.8 Å². The van der Waals surface area contributed by atoms with E-state index < -0.39 is 0 Å². The highest BCUT2D eigenvalue weighted by molar-refractivity contribution is 6.06. The minimum atomic E-state index is -0.119. The molecule has 2 bridgehead atoms. The highest BCUT2D eigenvalue weighted by Crippen LogP contribution is 2.55. The zero-order chi connectivity index (χ0) is 10.6. The third-order valence-electron chi connectivity index (χ3n) is 4.34.